The Balaban J connectivity index is 1.77. The van der Waals surface area contributed by atoms with Crippen molar-refractivity contribution in [3.8, 4) is 0 Å². The lowest BCUT2D eigenvalue weighted by Gasteiger charge is -2.42. The molecule has 0 saturated heterocycles. The first kappa shape index (κ1) is 23.1. The van der Waals surface area contributed by atoms with E-state index in [1.165, 1.54) is 22.3 Å². The van der Waals surface area contributed by atoms with Crippen molar-refractivity contribution in [2.45, 2.75) is 71.0 Å². The summed E-state index contributed by atoms with van der Waals surface area (Å²) in [5.74, 6) is 1.06. The van der Waals surface area contributed by atoms with Crippen molar-refractivity contribution < 1.29 is 0 Å². The monoisotopic (exact) mass is 462 g/mol. The van der Waals surface area contributed by atoms with Crippen LogP contribution in [0.1, 0.15) is 97.8 Å². The SMILES string of the molecule is CC1=Cc2c(C(C)C)cccc2C1[Si](C)(c1ccccc1)C1C(C)=Cc2c(C(C)C)cccc21. The number of hydrogen-bond donors (Lipinski definition) is 0. The van der Waals surface area contributed by atoms with E-state index in [0.717, 1.165) is 0 Å². The maximum absolute atomic E-state index is 2.67. The third-order valence-corrected chi connectivity index (χ3v) is 14.0. The molecule has 2 aliphatic rings. The molecular weight excluding hydrogens is 424 g/mol. The van der Waals surface area contributed by atoms with Gasteiger partial charge in [-0.3, -0.25) is 0 Å². The van der Waals surface area contributed by atoms with E-state index < -0.39 is 8.07 Å². The molecule has 3 aromatic rings. The zero-order valence-electron chi connectivity index (χ0n) is 21.8. The normalized spacial score (nSPS) is 20.7. The Kier molecular flexibility index (Phi) is 5.80. The van der Waals surface area contributed by atoms with Crippen molar-refractivity contribution in [1.82, 2.24) is 0 Å². The van der Waals surface area contributed by atoms with Gasteiger partial charge in [0.25, 0.3) is 0 Å². The molecule has 0 heterocycles. The van der Waals surface area contributed by atoms with Crippen molar-refractivity contribution >= 4 is 25.4 Å². The van der Waals surface area contributed by atoms with Crippen LogP contribution in [0, 0.1) is 0 Å². The number of allylic oxidation sites excluding steroid dienone is 2. The highest BCUT2D eigenvalue weighted by atomic mass is 28.3. The zero-order valence-corrected chi connectivity index (χ0v) is 22.8. The van der Waals surface area contributed by atoms with Gasteiger partial charge in [-0.25, -0.2) is 0 Å². The summed E-state index contributed by atoms with van der Waals surface area (Å²) in [7, 11) is -2.14. The van der Waals surface area contributed by atoms with Crippen LogP contribution in [0.4, 0.5) is 0 Å². The number of fused-ring (bicyclic) bond motifs is 2. The first-order valence-corrected chi connectivity index (χ1v) is 15.6. The summed E-state index contributed by atoms with van der Waals surface area (Å²) in [6, 6.07) is 25.6. The number of rotatable bonds is 5. The summed E-state index contributed by atoms with van der Waals surface area (Å²) in [5, 5.41) is 1.57. The van der Waals surface area contributed by atoms with E-state index >= 15 is 0 Å². The molecule has 2 atom stereocenters. The maximum Gasteiger partial charge on any atom is 0.106 e. The molecule has 0 nitrogen and oxygen atoms in total. The van der Waals surface area contributed by atoms with Crippen molar-refractivity contribution in [3.63, 3.8) is 0 Å². The number of benzene rings is 3. The molecule has 0 amide bonds. The van der Waals surface area contributed by atoms with E-state index in [2.05, 4.69) is 127 Å². The van der Waals surface area contributed by atoms with Gasteiger partial charge in [0.15, 0.2) is 0 Å². The van der Waals surface area contributed by atoms with Crippen molar-refractivity contribution in [1.29, 1.82) is 0 Å². The predicted molar refractivity (Wildman–Crippen MR) is 152 cm³/mol. The fraction of sp³-hybridized carbons (Fsp3) is 0.333. The fourth-order valence-electron chi connectivity index (χ4n) is 7.05. The van der Waals surface area contributed by atoms with Gasteiger partial charge in [-0.05, 0) is 59.1 Å². The van der Waals surface area contributed by atoms with Crippen molar-refractivity contribution in [2.24, 2.45) is 0 Å². The predicted octanol–water partition coefficient (Wildman–Crippen LogP) is 8.70. The van der Waals surface area contributed by atoms with Crippen LogP contribution in [0.25, 0.3) is 12.2 Å². The van der Waals surface area contributed by atoms with E-state index in [-0.39, 0.29) is 0 Å². The van der Waals surface area contributed by atoms with Gasteiger partial charge >= 0.3 is 0 Å². The highest BCUT2D eigenvalue weighted by Gasteiger charge is 2.51. The second-order valence-corrected chi connectivity index (χ2v) is 15.6. The maximum atomic E-state index is 2.67. The van der Waals surface area contributed by atoms with Crippen LogP contribution in [0.15, 0.2) is 77.9 Å². The smallest absolute Gasteiger partial charge is 0.0675 e. The Morgan fingerprint density at radius 1 is 0.588 bits per heavy atom. The third-order valence-electron chi connectivity index (χ3n) is 8.46. The minimum Gasteiger partial charge on any atom is -0.0675 e. The van der Waals surface area contributed by atoms with Crippen LogP contribution < -0.4 is 5.19 Å². The topological polar surface area (TPSA) is 0 Å². The summed E-state index contributed by atoms with van der Waals surface area (Å²) in [5.41, 5.74) is 13.1. The van der Waals surface area contributed by atoms with Crippen LogP contribution in [-0.2, 0) is 0 Å². The molecule has 0 aromatic heterocycles. The Bertz CT molecular complexity index is 1210. The highest BCUT2D eigenvalue weighted by Crippen LogP contribution is 2.53. The molecule has 34 heavy (non-hydrogen) atoms. The molecule has 0 saturated carbocycles. The molecule has 5 rings (SSSR count). The quantitative estimate of drug-likeness (QED) is 0.333. The fourth-order valence-corrected chi connectivity index (χ4v) is 12.8. The third kappa shape index (κ3) is 3.40. The van der Waals surface area contributed by atoms with Gasteiger partial charge in [-0.1, -0.05) is 129 Å². The minimum atomic E-state index is -2.14. The Morgan fingerprint density at radius 3 is 1.44 bits per heavy atom. The van der Waals surface area contributed by atoms with Crippen molar-refractivity contribution in [3.05, 3.63) is 111 Å². The van der Waals surface area contributed by atoms with E-state index in [4.69, 9.17) is 0 Å². The first-order chi connectivity index (χ1) is 16.2. The molecule has 1 heteroatoms. The Hall–Kier alpha value is -2.64. The van der Waals surface area contributed by atoms with E-state index in [1.54, 1.807) is 27.5 Å². The molecule has 0 radical (unpaired) electrons. The van der Waals surface area contributed by atoms with Gasteiger partial charge < -0.3 is 0 Å². The lowest BCUT2D eigenvalue weighted by molar-refractivity contribution is 0.858. The molecule has 2 unspecified atom stereocenters. The summed E-state index contributed by atoms with van der Waals surface area (Å²) < 4.78 is 0. The molecular formula is C33H38Si. The van der Waals surface area contributed by atoms with E-state index in [9.17, 15) is 0 Å². The van der Waals surface area contributed by atoms with Gasteiger partial charge in [-0.15, -0.1) is 0 Å². The highest BCUT2D eigenvalue weighted by molar-refractivity contribution is 6.94. The Labute approximate surface area is 207 Å². The molecule has 174 valence electrons. The first-order valence-electron chi connectivity index (χ1n) is 12.9. The molecule has 2 aliphatic carbocycles. The van der Waals surface area contributed by atoms with Crippen LogP contribution in [-0.4, -0.2) is 8.07 Å². The standard InChI is InChI=1S/C33H38Si/c1-21(2)26-15-11-17-28-30(26)19-23(5)32(28)34(7,25-13-9-8-10-14-25)33-24(6)20-31-27(22(3)4)16-12-18-29(31)33/h8-22,32-33H,1-7H3. The van der Waals surface area contributed by atoms with Crippen LogP contribution in [0.2, 0.25) is 6.55 Å². The molecule has 0 bridgehead atoms. The molecule has 0 aliphatic heterocycles. The van der Waals surface area contributed by atoms with Gasteiger partial charge in [0.05, 0.1) is 0 Å². The van der Waals surface area contributed by atoms with Gasteiger partial charge in [0.2, 0.25) is 0 Å². The van der Waals surface area contributed by atoms with Gasteiger partial charge in [-0.2, -0.15) is 0 Å². The van der Waals surface area contributed by atoms with E-state index in [0.29, 0.717) is 22.9 Å². The summed E-state index contributed by atoms with van der Waals surface area (Å²) >= 11 is 0. The van der Waals surface area contributed by atoms with Crippen LogP contribution in [0.5, 0.6) is 0 Å². The summed E-state index contributed by atoms with van der Waals surface area (Å²) in [4.78, 5) is 0. The zero-order chi connectivity index (χ0) is 24.2. The molecule has 0 N–H and O–H groups in total. The van der Waals surface area contributed by atoms with Crippen LogP contribution in [0.3, 0.4) is 0 Å². The van der Waals surface area contributed by atoms with E-state index in [1.807, 2.05) is 0 Å². The second kappa shape index (κ2) is 8.54. The van der Waals surface area contributed by atoms with Gasteiger partial charge in [0, 0.05) is 11.1 Å². The van der Waals surface area contributed by atoms with Gasteiger partial charge in [0.1, 0.15) is 8.07 Å². The molecule has 3 aromatic carbocycles. The second-order valence-electron chi connectivity index (χ2n) is 11.3. The number of hydrogen-bond acceptors (Lipinski definition) is 0. The lowest BCUT2D eigenvalue weighted by Crippen LogP contribution is -2.56. The average Bonchev–Trinajstić information content (AvgIpc) is 3.34. The van der Waals surface area contributed by atoms with Crippen LogP contribution >= 0.6 is 0 Å². The average molecular weight is 463 g/mol. The summed E-state index contributed by atoms with van der Waals surface area (Å²) in [6.45, 7) is 16.8. The largest absolute Gasteiger partial charge is 0.106 e. The molecule has 0 spiro atoms. The minimum absolute atomic E-state index is 0.477. The lowest BCUT2D eigenvalue weighted by atomic mass is 9.95. The Morgan fingerprint density at radius 2 is 1.03 bits per heavy atom. The van der Waals surface area contributed by atoms with Crippen molar-refractivity contribution in [2.75, 3.05) is 0 Å². The summed E-state index contributed by atoms with van der Waals surface area (Å²) in [6.07, 6.45) is 5.03. The molecule has 0 fully saturated rings.